The monoisotopic (exact) mass is 384 g/mol. The van der Waals surface area contributed by atoms with Crippen LogP contribution in [0.15, 0.2) is 52.1 Å². The van der Waals surface area contributed by atoms with E-state index in [1.54, 1.807) is 26.4 Å². The number of ether oxygens (including phenoxy) is 2. The number of nitrogens with zero attached hydrogens (tertiary/aromatic N) is 2. The predicted octanol–water partition coefficient (Wildman–Crippen LogP) is 4.43. The van der Waals surface area contributed by atoms with Gasteiger partial charge >= 0.3 is 0 Å². The van der Waals surface area contributed by atoms with E-state index in [-0.39, 0.29) is 11.0 Å². The largest absolute Gasteiger partial charge is 0.493 e. The highest BCUT2D eigenvalue weighted by molar-refractivity contribution is 8.00. The van der Waals surface area contributed by atoms with Crippen LogP contribution in [0.2, 0.25) is 0 Å². The zero-order valence-corrected chi connectivity index (χ0v) is 16.4. The maximum atomic E-state index is 12.6. The molecule has 1 heterocycles. The van der Waals surface area contributed by atoms with Crippen molar-refractivity contribution in [1.82, 2.24) is 10.2 Å². The lowest BCUT2D eigenvalue weighted by Gasteiger charge is -2.08. The Balaban J connectivity index is 1.74. The molecule has 0 aliphatic carbocycles. The van der Waals surface area contributed by atoms with E-state index < -0.39 is 0 Å². The van der Waals surface area contributed by atoms with E-state index in [9.17, 15) is 4.79 Å². The van der Waals surface area contributed by atoms with Crippen molar-refractivity contribution in [1.29, 1.82) is 0 Å². The van der Waals surface area contributed by atoms with Crippen molar-refractivity contribution in [3.05, 3.63) is 53.6 Å². The van der Waals surface area contributed by atoms with Crippen molar-refractivity contribution < 1.29 is 18.7 Å². The molecule has 0 bridgehead atoms. The first kappa shape index (κ1) is 19.0. The molecule has 2 aromatic carbocycles. The molecule has 0 radical (unpaired) electrons. The number of ketones is 1. The molecule has 1 atom stereocenters. The molecule has 0 unspecified atom stereocenters. The second-order valence-corrected chi connectivity index (χ2v) is 7.23. The SMILES string of the molecule is COc1ccc(-c2nnc(S[C@H](C)C(=O)c3ccc(C)cc3)o2)cc1OC. The maximum Gasteiger partial charge on any atom is 0.277 e. The third kappa shape index (κ3) is 4.31. The van der Waals surface area contributed by atoms with E-state index in [4.69, 9.17) is 13.9 Å². The number of methoxy groups -OCH3 is 2. The molecule has 0 amide bonds. The Bertz CT molecular complexity index is 937. The van der Waals surface area contributed by atoms with Crippen LogP contribution in [0, 0.1) is 6.92 Å². The molecule has 7 heteroatoms. The Hall–Kier alpha value is -2.80. The Morgan fingerprint density at radius 2 is 1.74 bits per heavy atom. The first-order valence-electron chi connectivity index (χ1n) is 8.35. The zero-order valence-electron chi connectivity index (χ0n) is 15.6. The fraction of sp³-hybridized carbons (Fsp3) is 0.250. The number of Topliss-reactive ketones (excluding diaryl/α,β-unsaturated/α-hetero) is 1. The van der Waals surface area contributed by atoms with Crippen molar-refractivity contribution in [2.75, 3.05) is 14.2 Å². The Kier molecular flexibility index (Phi) is 5.81. The molecule has 27 heavy (non-hydrogen) atoms. The normalized spacial score (nSPS) is 11.9. The van der Waals surface area contributed by atoms with Gasteiger partial charge in [0.2, 0.25) is 5.89 Å². The number of thioether (sulfide) groups is 1. The van der Waals surface area contributed by atoms with Gasteiger partial charge in [-0.3, -0.25) is 4.79 Å². The van der Waals surface area contributed by atoms with Gasteiger partial charge in [-0.1, -0.05) is 41.6 Å². The number of rotatable bonds is 7. The highest BCUT2D eigenvalue weighted by Crippen LogP contribution is 2.33. The molecule has 3 aromatic rings. The van der Waals surface area contributed by atoms with Gasteiger partial charge in [-0.2, -0.15) is 0 Å². The molecular formula is C20H20N2O4S. The van der Waals surface area contributed by atoms with Crippen molar-refractivity contribution in [3.8, 4) is 23.0 Å². The molecule has 0 aliphatic heterocycles. The standard InChI is InChI=1S/C20H20N2O4S/c1-12-5-7-14(8-6-12)18(23)13(2)27-20-22-21-19(26-20)15-9-10-16(24-3)17(11-15)25-4/h5-11,13H,1-4H3/t13-/m1/s1. The number of hydrogen-bond acceptors (Lipinski definition) is 7. The zero-order chi connectivity index (χ0) is 19.4. The Labute approximate surface area is 161 Å². The number of benzene rings is 2. The summed E-state index contributed by atoms with van der Waals surface area (Å²) in [6.07, 6.45) is 0. The smallest absolute Gasteiger partial charge is 0.277 e. The fourth-order valence-electron chi connectivity index (χ4n) is 2.50. The van der Waals surface area contributed by atoms with Crippen LogP contribution in [0.4, 0.5) is 0 Å². The minimum atomic E-state index is -0.341. The molecule has 0 fully saturated rings. The van der Waals surface area contributed by atoms with Gasteiger partial charge in [-0.05, 0) is 32.0 Å². The summed E-state index contributed by atoms with van der Waals surface area (Å²) in [5, 5.41) is 8.11. The first-order valence-corrected chi connectivity index (χ1v) is 9.23. The Morgan fingerprint density at radius 1 is 1.04 bits per heavy atom. The van der Waals surface area contributed by atoms with Crippen LogP contribution in [0.1, 0.15) is 22.8 Å². The van der Waals surface area contributed by atoms with E-state index >= 15 is 0 Å². The molecule has 3 rings (SSSR count). The summed E-state index contributed by atoms with van der Waals surface area (Å²) in [4.78, 5) is 12.6. The van der Waals surface area contributed by atoms with Gasteiger partial charge < -0.3 is 13.9 Å². The van der Waals surface area contributed by atoms with E-state index in [2.05, 4.69) is 10.2 Å². The van der Waals surface area contributed by atoms with E-state index in [0.717, 1.165) is 5.56 Å². The highest BCUT2D eigenvalue weighted by Gasteiger charge is 2.20. The van der Waals surface area contributed by atoms with Gasteiger partial charge in [0.25, 0.3) is 5.22 Å². The van der Waals surface area contributed by atoms with Crippen LogP contribution in [0.5, 0.6) is 11.5 Å². The van der Waals surface area contributed by atoms with Gasteiger partial charge in [0, 0.05) is 11.1 Å². The number of aromatic nitrogens is 2. The van der Waals surface area contributed by atoms with Crippen molar-refractivity contribution in [2.45, 2.75) is 24.3 Å². The van der Waals surface area contributed by atoms with Gasteiger partial charge in [-0.15, -0.1) is 10.2 Å². The summed E-state index contributed by atoms with van der Waals surface area (Å²) in [5.74, 6) is 1.57. The summed E-state index contributed by atoms with van der Waals surface area (Å²) in [7, 11) is 3.14. The van der Waals surface area contributed by atoms with E-state index in [1.807, 2.05) is 44.2 Å². The Morgan fingerprint density at radius 3 is 2.41 bits per heavy atom. The number of aryl methyl sites for hydroxylation is 1. The lowest BCUT2D eigenvalue weighted by atomic mass is 10.1. The van der Waals surface area contributed by atoms with Gasteiger partial charge in [0.1, 0.15) is 0 Å². The minimum absolute atomic E-state index is 0.0193. The fourth-order valence-corrected chi connectivity index (χ4v) is 3.26. The molecule has 0 aliphatic rings. The molecule has 140 valence electrons. The second kappa shape index (κ2) is 8.26. The molecular weight excluding hydrogens is 364 g/mol. The molecule has 0 spiro atoms. The third-order valence-electron chi connectivity index (χ3n) is 4.02. The summed E-state index contributed by atoms with van der Waals surface area (Å²) < 4.78 is 16.2. The molecule has 6 nitrogen and oxygen atoms in total. The van der Waals surface area contributed by atoms with Crippen LogP contribution in [0.25, 0.3) is 11.5 Å². The summed E-state index contributed by atoms with van der Waals surface area (Å²) in [6, 6.07) is 12.9. The quantitative estimate of drug-likeness (QED) is 0.441. The minimum Gasteiger partial charge on any atom is -0.493 e. The summed E-state index contributed by atoms with van der Waals surface area (Å²) >= 11 is 1.24. The highest BCUT2D eigenvalue weighted by atomic mass is 32.2. The number of hydrogen-bond donors (Lipinski definition) is 0. The van der Waals surface area contributed by atoms with Crippen LogP contribution < -0.4 is 9.47 Å². The van der Waals surface area contributed by atoms with Crippen LogP contribution in [-0.4, -0.2) is 35.5 Å². The van der Waals surface area contributed by atoms with Gasteiger partial charge in [0.05, 0.1) is 19.5 Å². The lowest BCUT2D eigenvalue weighted by molar-refractivity contribution is 0.0993. The first-order chi connectivity index (χ1) is 13.0. The molecule has 1 aromatic heterocycles. The van der Waals surface area contributed by atoms with Gasteiger partial charge in [-0.25, -0.2) is 0 Å². The average molecular weight is 384 g/mol. The van der Waals surface area contributed by atoms with E-state index in [1.165, 1.54) is 11.8 Å². The van der Waals surface area contributed by atoms with Crippen molar-refractivity contribution >= 4 is 17.5 Å². The summed E-state index contributed by atoms with van der Waals surface area (Å²) in [6.45, 7) is 3.81. The molecule has 0 N–H and O–H groups in total. The van der Waals surface area contributed by atoms with Crippen molar-refractivity contribution in [2.24, 2.45) is 0 Å². The second-order valence-electron chi connectivity index (χ2n) is 5.93. The average Bonchev–Trinajstić information content (AvgIpc) is 3.15. The van der Waals surface area contributed by atoms with E-state index in [0.29, 0.717) is 33.7 Å². The topological polar surface area (TPSA) is 74.5 Å². The van der Waals surface area contributed by atoms with Crippen LogP contribution in [0.3, 0.4) is 0 Å². The van der Waals surface area contributed by atoms with Crippen LogP contribution >= 0.6 is 11.8 Å². The summed E-state index contributed by atoms with van der Waals surface area (Å²) in [5.41, 5.74) is 2.49. The van der Waals surface area contributed by atoms with Crippen molar-refractivity contribution in [3.63, 3.8) is 0 Å². The molecule has 0 saturated carbocycles. The van der Waals surface area contributed by atoms with Crippen LogP contribution in [-0.2, 0) is 0 Å². The third-order valence-corrected chi connectivity index (χ3v) is 4.95. The van der Waals surface area contributed by atoms with Gasteiger partial charge in [0.15, 0.2) is 17.3 Å². The number of carbonyl (C=O) groups is 1. The molecule has 0 saturated heterocycles. The maximum absolute atomic E-state index is 12.6. The lowest BCUT2D eigenvalue weighted by Crippen LogP contribution is -2.13. The predicted molar refractivity (Wildman–Crippen MR) is 104 cm³/mol. The number of carbonyl (C=O) groups excluding carboxylic acids is 1.